The first-order valence-corrected chi connectivity index (χ1v) is 5.35. The van der Waals surface area contributed by atoms with Gasteiger partial charge in [0.2, 0.25) is 0 Å². The van der Waals surface area contributed by atoms with E-state index in [0.29, 0.717) is 0 Å². The highest BCUT2D eigenvalue weighted by molar-refractivity contribution is 5.83. The number of rotatable bonds is 5. The Morgan fingerprint density at radius 1 is 1.29 bits per heavy atom. The van der Waals surface area contributed by atoms with Gasteiger partial charge in [0.25, 0.3) is 0 Å². The molecule has 0 spiro atoms. The monoisotopic (exact) mass is 193 g/mol. The predicted octanol–water partition coefficient (Wildman–Crippen LogP) is 4.16. The highest BCUT2D eigenvalue weighted by Gasteiger charge is 2.11. The second-order valence-electron chi connectivity index (χ2n) is 4.17. The van der Waals surface area contributed by atoms with Crippen LogP contribution in [0.3, 0.4) is 0 Å². The molecule has 0 atom stereocenters. The van der Waals surface area contributed by atoms with E-state index in [0.717, 1.165) is 12.8 Å². The highest BCUT2D eigenvalue weighted by Crippen LogP contribution is 2.14. The second kappa shape index (κ2) is 6.58. The standard InChI is InChI=1S/C13H23N/c1-6-8-9-10-11-12(3)14-13(4,5)7-2/h6,8-10H,7,11H2,1-5H3/b8-6+,10-9+,14-12-. The van der Waals surface area contributed by atoms with Crippen molar-refractivity contribution in [1.82, 2.24) is 0 Å². The minimum Gasteiger partial charge on any atom is -0.288 e. The predicted molar refractivity (Wildman–Crippen MR) is 66.1 cm³/mol. The fraction of sp³-hybridized carbons (Fsp3) is 0.615. The van der Waals surface area contributed by atoms with Crippen LogP contribution in [0, 0.1) is 0 Å². The molecular weight excluding hydrogens is 170 g/mol. The summed E-state index contributed by atoms with van der Waals surface area (Å²) >= 11 is 0. The van der Waals surface area contributed by atoms with Crippen molar-refractivity contribution in [2.75, 3.05) is 0 Å². The van der Waals surface area contributed by atoms with E-state index in [1.165, 1.54) is 5.71 Å². The van der Waals surface area contributed by atoms with Crippen LogP contribution in [0.25, 0.3) is 0 Å². The number of hydrogen-bond acceptors (Lipinski definition) is 1. The van der Waals surface area contributed by atoms with E-state index in [9.17, 15) is 0 Å². The summed E-state index contributed by atoms with van der Waals surface area (Å²) in [5.74, 6) is 0. The van der Waals surface area contributed by atoms with E-state index in [4.69, 9.17) is 0 Å². The molecule has 0 amide bonds. The van der Waals surface area contributed by atoms with E-state index < -0.39 is 0 Å². The summed E-state index contributed by atoms with van der Waals surface area (Å²) < 4.78 is 0. The molecule has 1 nitrogen and oxygen atoms in total. The molecule has 0 radical (unpaired) electrons. The molecule has 0 saturated carbocycles. The Kier molecular flexibility index (Phi) is 6.18. The fourth-order valence-electron chi connectivity index (χ4n) is 1.07. The van der Waals surface area contributed by atoms with Crippen molar-refractivity contribution in [3.05, 3.63) is 24.3 Å². The Morgan fingerprint density at radius 2 is 1.93 bits per heavy atom. The van der Waals surface area contributed by atoms with Crippen LogP contribution in [0.15, 0.2) is 29.3 Å². The lowest BCUT2D eigenvalue weighted by atomic mass is 10.0. The van der Waals surface area contributed by atoms with Crippen molar-refractivity contribution < 1.29 is 0 Å². The zero-order valence-electron chi connectivity index (χ0n) is 10.2. The van der Waals surface area contributed by atoms with Crippen molar-refractivity contribution in [3.63, 3.8) is 0 Å². The van der Waals surface area contributed by atoms with Gasteiger partial charge in [-0.15, -0.1) is 0 Å². The van der Waals surface area contributed by atoms with Gasteiger partial charge in [0, 0.05) is 12.1 Å². The number of nitrogens with zero attached hydrogens (tertiary/aromatic N) is 1. The summed E-state index contributed by atoms with van der Waals surface area (Å²) in [6, 6.07) is 0. The molecule has 0 N–H and O–H groups in total. The molecule has 0 aromatic rings. The van der Waals surface area contributed by atoms with Gasteiger partial charge in [-0.3, -0.25) is 4.99 Å². The third kappa shape index (κ3) is 6.64. The minimum absolute atomic E-state index is 0.0958. The Hall–Kier alpha value is -0.850. The van der Waals surface area contributed by atoms with Gasteiger partial charge in [-0.1, -0.05) is 31.2 Å². The van der Waals surface area contributed by atoms with E-state index in [1.54, 1.807) is 0 Å². The Balaban J connectivity index is 4.13. The molecule has 0 aromatic heterocycles. The third-order valence-corrected chi connectivity index (χ3v) is 2.21. The van der Waals surface area contributed by atoms with Crippen LogP contribution in [-0.4, -0.2) is 11.3 Å². The number of aliphatic imine (C=N–C) groups is 1. The van der Waals surface area contributed by atoms with Gasteiger partial charge in [0.05, 0.1) is 5.54 Å². The van der Waals surface area contributed by atoms with Crippen molar-refractivity contribution in [2.45, 2.75) is 53.0 Å². The highest BCUT2D eigenvalue weighted by atomic mass is 14.8. The molecule has 0 bridgehead atoms. The molecule has 0 saturated heterocycles. The second-order valence-corrected chi connectivity index (χ2v) is 4.17. The third-order valence-electron chi connectivity index (χ3n) is 2.21. The zero-order chi connectivity index (χ0) is 11.0. The van der Waals surface area contributed by atoms with Crippen LogP contribution in [0.1, 0.15) is 47.5 Å². The smallest absolute Gasteiger partial charge is 0.0548 e. The van der Waals surface area contributed by atoms with Crippen molar-refractivity contribution in [2.24, 2.45) is 4.99 Å². The summed E-state index contributed by atoms with van der Waals surface area (Å²) in [6.07, 6.45) is 10.3. The van der Waals surface area contributed by atoms with E-state index in [2.05, 4.69) is 44.8 Å². The van der Waals surface area contributed by atoms with Gasteiger partial charge in [-0.25, -0.2) is 0 Å². The lowest BCUT2D eigenvalue weighted by molar-refractivity contribution is 0.504. The van der Waals surface area contributed by atoms with Crippen LogP contribution in [0.4, 0.5) is 0 Å². The van der Waals surface area contributed by atoms with Gasteiger partial charge in [-0.05, 0) is 34.1 Å². The van der Waals surface area contributed by atoms with Crippen LogP contribution in [0.5, 0.6) is 0 Å². The van der Waals surface area contributed by atoms with Crippen LogP contribution >= 0.6 is 0 Å². The van der Waals surface area contributed by atoms with Crippen molar-refractivity contribution in [1.29, 1.82) is 0 Å². The average molecular weight is 193 g/mol. The molecule has 0 heterocycles. The molecule has 80 valence electrons. The van der Waals surface area contributed by atoms with Gasteiger partial charge in [0.15, 0.2) is 0 Å². The Bertz CT molecular complexity index is 232. The summed E-state index contributed by atoms with van der Waals surface area (Å²) in [7, 11) is 0. The molecule has 0 aliphatic heterocycles. The van der Waals surface area contributed by atoms with E-state index in [1.807, 2.05) is 19.1 Å². The molecule has 0 rings (SSSR count). The van der Waals surface area contributed by atoms with Gasteiger partial charge < -0.3 is 0 Å². The first-order chi connectivity index (χ1) is 6.52. The van der Waals surface area contributed by atoms with Crippen LogP contribution in [0.2, 0.25) is 0 Å². The van der Waals surface area contributed by atoms with E-state index >= 15 is 0 Å². The average Bonchev–Trinajstić information content (AvgIpc) is 2.12. The zero-order valence-corrected chi connectivity index (χ0v) is 10.2. The maximum atomic E-state index is 4.67. The maximum absolute atomic E-state index is 4.67. The molecule has 14 heavy (non-hydrogen) atoms. The van der Waals surface area contributed by atoms with Gasteiger partial charge >= 0.3 is 0 Å². The molecule has 0 aromatic carbocycles. The molecule has 0 fully saturated rings. The largest absolute Gasteiger partial charge is 0.288 e. The normalized spacial score (nSPS) is 14.5. The molecule has 0 unspecified atom stereocenters. The van der Waals surface area contributed by atoms with E-state index in [-0.39, 0.29) is 5.54 Å². The van der Waals surface area contributed by atoms with Crippen molar-refractivity contribution >= 4 is 5.71 Å². The SMILES string of the molecule is C/C=C/C=C/C/C(C)=N\C(C)(C)CC. The molecular formula is C13H23N. The number of allylic oxidation sites excluding steroid dienone is 4. The first kappa shape index (κ1) is 13.2. The molecule has 1 heteroatoms. The number of hydrogen-bond donors (Lipinski definition) is 0. The van der Waals surface area contributed by atoms with Gasteiger partial charge in [0.1, 0.15) is 0 Å². The first-order valence-electron chi connectivity index (χ1n) is 5.35. The summed E-state index contributed by atoms with van der Waals surface area (Å²) in [4.78, 5) is 4.67. The van der Waals surface area contributed by atoms with Gasteiger partial charge in [-0.2, -0.15) is 0 Å². The fourth-order valence-corrected chi connectivity index (χ4v) is 1.07. The van der Waals surface area contributed by atoms with Crippen molar-refractivity contribution in [3.8, 4) is 0 Å². The summed E-state index contributed by atoms with van der Waals surface area (Å²) in [5.41, 5.74) is 1.30. The Labute approximate surface area is 88.6 Å². The summed E-state index contributed by atoms with van der Waals surface area (Å²) in [5, 5.41) is 0. The lowest BCUT2D eigenvalue weighted by Crippen LogP contribution is -2.16. The summed E-state index contributed by atoms with van der Waals surface area (Å²) in [6.45, 7) is 10.6. The Morgan fingerprint density at radius 3 is 2.43 bits per heavy atom. The van der Waals surface area contributed by atoms with Crippen LogP contribution < -0.4 is 0 Å². The lowest BCUT2D eigenvalue weighted by Gasteiger charge is -2.17. The van der Waals surface area contributed by atoms with Crippen LogP contribution in [-0.2, 0) is 0 Å². The topological polar surface area (TPSA) is 12.4 Å². The molecule has 0 aliphatic carbocycles. The maximum Gasteiger partial charge on any atom is 0.0548 e. The molecule has 0 aliphatic rings. The minimum atomic E-state index is 0.0958. The quantitative estimate of drug-likeness (QED) is 0.459.